The van der Waals surface area contributed by atoms with Crippen molar-refractivity contribution in [3.8, 4) is 0 Å². The van der Waals surface area contributed by atoms with Gasteiger partial charge in [-0.1, -0.05) is 24.6 Å². The third-order valence-electron chi connectivity index (χ3n) is 2.60. The van der Waals surface area contributed by atoms with Crippen molar-refractivity contribution >= 4 is 16.0 Å². The van der Waals surface area contributed by atoms with E-state index in [9.17, 15) is 13.2 Å². The fraction of sp³-hybridized carbons (Fsp3) is 0.417. The lowest BCUT2D eigenvalue weighted by molar-refractivity contribution is -0.139. The molecule has 6 nitrogen and oxygen atoms in total. The van der Waals surface area contributed by atoms with Gasteiger partial charge < -0.3 is 10.8 Å². The Morgan fingerprint density at radius 1 is 1.26 bits per heavy atom. The zero-order chi connectivity index (χ0) is 14.3. The molecule has 0 saturated carbocycles. The molecule has 19 heavy (non-hydrogen) atoms. The number of carbonyl (C=O) groups is 1. The van der Waals surface area contributed by atoms with Crippen LogP contribution in [-0.2, 0) is 14.8 Å². The van der Waals surface area contributed by atoms with Crippen LogP contribution >= 0.6 is 0 Å². The molecule has 106 valence electrons. The zero-order valence-electron chi connectivity index (χ0n) is 10.5. The molecule has 0 amide bonds. The Labute approximate surface area is 112 Å². The standard InChI is InChI=1S/C12H18N2O4S/c13-9-5-4-8-11(12(15)16)14-19(17,18)10-6-2-1-3-7-10/h1-3,6-7,11,14H,4-5,8-9,13H2,(H,15,16). The van der Waals surface area contributed by atoms with Crippen LogP contribution in [0.25, 0.3) is 0 Å². The minimum atomic E-state index is -3.80. The van der Waals surface area contributed by atoms with E-state index in [4.69, 9.17) is 10.8 Å². The fourth-order valence-corrected chi connectivity index (χ4v) is 2.83. The topological polar surface area (TPSA) is 109 Å². The molecule has 0 heterocycles. The molecule has 0 bridgehead atoms. The molecule has 0 aliphatic carbocycles. The molecule has 7 heteroatoms. The number of aliphatic carboxylic acids is 1. The Morgan fingerprint density at radius 2 is 1.89 bits per heavy atom. The quantitative estimate of drug-likeness (QED) is 0.604. The van der Waals surface area contributed by atoms with E-state index in [0.29, 0.717) is 19.4 Å². The summed E-state index contributed by atoms with van der Waals surface area (Å²) in [5, 5.41) is 9.02. The molecule has 1 atom stereocenters. The van der Waals surface area contributed by atoms with Crippen LogP contribution in [0, 0.1) is 0 Å². The van der Waals surface area contributed by atoms with E-state index in [0.717, 1.165) is 0 Å². The normalized spacial score (nSPS) is 13.1. The van der Waals surface area contributed by atoms with E-state index in [1.807, 2.05) is 0 Å². The molecule has 4 N–H and O–H groups in total. The first kappa shape index (κ1) is 15.6. The monoisotopic (exact) mass is 286 g/mol. The number of carboxylic acids is 1. The molecule has 0 aromatic heterocycles. The molecule has 0 saturated heterocycles. The lowest BCUT2D eigenvalue weighted by Gasteiger charge is -2.14. The summed E-state index contributed by atoms with van der Waals surface area (Å²) in [5.41, 5.74) is 5.32. The molecule has 0 aliphatic rings. The Bertz CT molecular complexity index is 502. The predicted molar refractivity (Wildman–Crippen MR) is 71.1 cm³/mol. The summed E-state index contributed by atoms with van der Waals surface area (Å²) in [6.07, 6.45) is 1.44. The molecule has 0 radical (unpaired) electrons. The summed E-state index contributed by atoms with van der Waals surface area (Å²) in [4.78, 5) is 11.1. The van der Waals surface area contributed by atoms with Gasteiger partial charge in [0.25, 0.3) is 0 Å². The Hall–Kier alpha value is -1.44. The second-order valence-corrected chi connectivity index (χ2v) is 5.82. The third-order valence-corrected chi connectivity index (χ3v) is 4.08. The van der Waals surface area contributed by atoms with Crippen molar-refractivity contribution in [2.75, 3.05) is 6.54 Å². The zero-order valence-corrected chi connectivity index (χ0v) is 11.3. The van der Waals surface area contributed by atoms with Gasteiger partial charge in [0.2, 0.25) is 10.0 Å². The van der Waals surface area contributed by atoms with Crippen molar-refractivity contribution in [3.63, 3.8) is 0 Å². The number of sulfonamides is 1. The fourth-order valence-electron chi connectivity index (χ4n) is 1.58. The summed E-state index contributed by atoms with van der Waals surface area (Å²) >= 11 is 0. The first-order valence-corrected chi connectivity index (χ1v) is 7.46. The highest BCUT2D eigenvalue weighted by atomic mass is 32.2. The largest absolute Gasteiger partial charge is 0.480 e. The number of nitrogens with one attached hydrogen (secondary N) is 1. The summed E-state index contributed by atoms with van der Waals surface area (Å²) in [7, 11) is -3.80. The highest BCUT2D eigenvalue weighted by molar-refractivity contribution is 7.89. The molecular weight excluding hydrogens is 268 g/mol. The van der Waals surface area contributed by atoms with E-state index in [2.05, 4.69) is 4.72 Å². The number of hydrogen-bond acceptors (Lipinski definition) is 4. The van der Waals surface area contributed by atoms with Crippen LogP contribution in [-0.4, -0.2) is 32.1 Å². The Kier molecular flexibility index (Phi) is 5.94. The summed E-state index contributed by atoms with van der Waals surface area (Å²) in [5.74, 6) is -1.18. The maximum absolute atomic E-state index is 12.0. The number of carboxylic acid groups (broad SMARTS) is 1. The first-order chi connectivity index (χ1) is 8.97. The molecular formula is C12H18N2O4S. The number of hydrogen-bond donors (Lipinski definition) is 3. The number of nitrogens with two attached hydrogens (primary N) is 1. The average molecular weight is 286 g/mol. The van der Waals surface area contributed by atoms with Crippen LogP contribution < -0.4 is 10.5 Å². The van der Waals surface area contributed by atoms with Gasteiger partial charge in [-0.2, -0.15) is 4.72 Å². The summed E-state index contributed by atoms with van der Waals surface area (Å²) in [6, 6.07) is 6.56. The summed E-state index contributed by atoms with van der Waals surface area (Å²) in [6.45, 7) is 0.456. The van der Waals surface area contributed by atoms with Crippen LogP contribution in [0.15, 0.2) is 35.2 Å². The van der Waals surface area contributed by atoms with Crippen LogP contribution in [0.4, 0.5) is 0 Å². The van der Waals surface area contributed by atoms with Gasteiger partial charge in [0.05, 0.1) is 4.90 Å². The molecule has 0 aliphatic heterocycles. The maximum Gasteiger partial charge on any atom is 0.321 e. The Morgan fingerprint density at radius 3 is 2.42 bits per heavy atom. The lowest BCUT2D eigenvalue weighted by Crippen LogP contribution is -2.40. The van der Waals surface area contributed by atoms with E-state index < -0.39 is 22.0 Å². The number of benzene rings is 1. The van der Waals surface area contributed by atoms with E-state index >= 15 is 0 Å². The second-order valence-electron chi connectivity index (χ2n) is 4.11. The van der Waals surface area contributed by atoms with Crippen molar-refractivity contribution in [1.82, 2.24) is 4.72 Å². The molecule has 1 rings (SSSR count). The molecule has 0 spiro atoms. The van der Waals surface area contributed by atoms with Gasteiger partial charge in [0.1, 0.15) is 6.04 Å². The van der Waals surface area contributed by atoms with Gasteiger partial charge in [0, 0.05) is 0 Å². The number of rotatable bonds is 8. The van der Waals surface area contributed by atoms with Crippen LogP contribution in [0.3, 0.4) is 0 Å². The minimum absolute atomic E-state index is 0.0556. The molecule has 1 aromatic rings. The predicted octanol–water partition coefficient (Wildman–Crippen LogP) is 0.547. The van der Waals surface area contributed by atoms with E-state index in [1.165, 1.54) is 12.1 Å². The van der Waals surface area contributed by atoms with Crippen LogP contribution in [0.1, 0.15) is 19.3 Å². The minimum Gasteiger partial charge on any atom is -0.480 e. The molecule has 1 unspecified atom stereocenters. The van der Waals surface area contributed by atoms with Gasteiger partial charge in [-0.15, -0.1) is 0 Å². The van der Waals surface area contributed by atoms with Crippen molar-refractivity contribution in [3.05, 3.63) is 30.3 Å². The van der Waals surface area contributed by atoms with Gasteiger partial charge in [-0.3, -0.25) is 4.79 Å². The summed E-state index contributed by atoms with van der Waals surface area (Å²) < 4.78 is 26.2. The highest BCUT2D eigenvalue weighted by Gasteiger charge is 2.24. The third kappa shape index (κ3) is 4.98. The molecule has 0 fully saturated rings. The van der Waals surface area contributed by atoms with Gasteiger partial charge in [0.15, 0.2) is 0 Å². The van der Waals surface area contributed by atoms with Gasteiger partial charge >= 0.3 is 5.97 Å². The second kappa shape index (κ2) is 7.22. The smallest absolute Gasteiger partial charge is 0.321 e. The van der Waals surface area contributed by atoms with E-state index in [-0.39, 0.29) is 11.3 Å². The maximum atomic E-state index is 12.0. The van der Waals surface area contributed by atoms with E-state index in [1.54, 1.807) is 18.2 Å². The van der Waals surface area contributed by atoms with Gasteiger partial charge in [-0.25, -0.2) is 8.42 Å². The Balaban J connectivity index is 2.76. The first-order valence-electron chi connectivity index (χ1n) is 5.97. The SMILES string of the molecule is NCCCCC(NS(=O)(=O)c1ccccc1)C(=O)O. The van der Waals surface area contributed by atoms with Crippen molar-refractivity contribution in [1.29, 1.82) is 0 Å². The lowest BCUT2D eigenvalue weighted by atomic mass is 10.1. The molecule has 1 aromatic carbocycles. The van der Waals surface area contributed by atoms with Crippen LogP contribution in [0.5, 0.6) is 0 Å². The van der Waals surface area contributed by atoms with Gasteiger partial charge in [-0.05, 0) is 31.5 Å². The van der Waals surface area contributed by atoms with Crippen molar-refractivity contribution < 1.29 is 18.3 Å². The van der Waals surface area contributed by atoms with Crippen LogP contribution in [0.2, 0.25) is 0 Å². The average Bonchev–Trinajstić information content (AvgIpc) is 2.38. The van der Waals surface area contributed by atoms with Crippen molar-refractivity contribution in [2.45, 2.75) is 30.2 Å². The highest BCUT2D eigenvalue weighted by Crippen LogP contribution is 2.10. The number of unbranched alkanes of at least 4 members (excludes halogenated alkanes) is 1. The van der Waals surface area contributed by atoms with Crippen molar-refractivity contribution in [2.24, 2.45) is 5.73 Å².